The molecule has 1 aromatic rings. The number of rotatable bonds is 1. The fourth-order valence-electron chi connectivity index (χ4n) is 2.13. The van der Waals surface area contributed by atoms with Gasteiger partial charge in [0, 0.05) is 22.4 Å². The monoisotopic (exact) mass is 377 g/mol. The van der Waals surface area contributed by atoms with Crippen molar-refractivity contribution in [3.8, 4) is 0 Å². The molecule has 1 amide bonds. The van der Waals surface area contributed by atoms with E-state index in [9.17, 15) is 9.18 Å². The molecule has 0 aromatic heterocycles. The highest BCUT2D eigenvalue weighted by molar-refractivity contribution is 9.10. The normalized spacial score (nSPS) is 24.1. The minimum atomic E-state index is -0.469. The van der Waals surface area contributed by atoms with Crippen molar-refractivity contribution >= 4 is 37.8 Å². The number of benzene rings is 1. The van der Waals surface area contributed by atoms with E-state index in [0.29, 0.717) is 28.3 Å². The predicted octanol–water partition coefficient (Wildman–Crippen LogP) is 3.83. The van der Waals surface area contributed by atoms with Crippen molar-refractivity contribution in [2.45, 2.75) is 18.2 Å². The molecule has 2 nitrogen and oxygen atoms in total. The van der Waals surface area contributed by atoms with Gasteiger partial charge in [-0.05, 0) is 30.5 Å². The Hall–Kier alpha value is -0.420. The number of halogens is 3. The van der Waals surface area contributed by atoms with E-state index in [1.165, 1.54) is 12.1 Å². The second-order valence-corrected chi connectivity index (χ2v) is 6.75. The summed E-state index contributed by atoms with van der Waals surface area (Å²) in [6.45, 7) is 3.44. The van der Waals surface area contributed by atoms with Crippen LogP contribution in [0.25, 0.3) is 0 Å². The highest BCUT2D eigenvalue weighted by Gasteiger charge is 2.28. The first-order valence-electron chi connectivity index (χ1n) is 5.87. The lowest BCUT2D eigenvalue weighted by Crippen LogP contribution is -2.43. The van der Waals surface area contributed by atoms with Gasteiger partial charge in [-0.25, -0.2) is 4.39 Å². The lowest BCUT2D eigenvalue weighted by atomic mass is 9.99. The molecule has 1 fully saturated rings. The van der Waals surface area contributed by atoms with Crippen LogP contribution in [0.4, 0.5) is 4.39 Å². The zero-order valence-corrected chi connectivity index (χ0v) is 13.2. The van der Waals surface area contributed by atoms with Crippen molar-refractivity contribution in [2.75, 3.05) is 13.1 Å². The summed E-state index contributed by atoms with van der Waals surface area (Å²) in [4.78, 5) is 14.4. The molecule has 0 bridgehead atoms. The summed E-state index contributed by atoms with van der Waals surface area (Å²) in [5, 5.41) is 0. The van der Waals surface area contributed by atoms with Crippen LogP contribution in [-0.2, 0) is 0 Å². The molecule has 1 aliphatic heterocycles. The molecule has 98 valence electrons. The lowest BCUT2D eigenvalue weighted by molar-refractivity contribution is 0.0685. The first-order valence-corrected chi connectivity index (χ1v) is 7.58. The van der Waals surface area contributed by atoms with Gasteiger partial charge < -0.3 is 4.90 Å². The number of amides is 1. The number of nitrogens with zero attached hydrogens (tertiary/aromatic N) is 1. The molecule has 1 heterocycles. The highest BCUT2D eigenvalue weighted by atomic mass is 79.9. The summed E-state index contributed by atoms with van der Waals surface area (Å²) in [5.41, 5.74) is 0.151. The molecule has 18 heavy (non-hydrogen) atoms. The maximum atomic E-state index is 13.7. The quantitative estimate of drug-likeness (QED) is 0.680. The van der Waals surface area contributed by atoms with E-state index < -0.39 is 5.82 Å². The number of piperidine rings is 1. The SMILES string of the molecule is CC1CN(C(=O)c2ccc(Br)cc2F)CCC1Br. The summed E-state index contributed by atoms with van der Waals surface area (Å²) in [5.74, 6) is -0.296. The molecule has 2 atom stereocenters. The second-order valence-electron chi connectivity index (χ2n) is 4.66. The van der Waals surface area contributed by atoms with Crippen LogP contribution in [0.15, 0.2) is 22.7 Å². The number of hydrogen-bond acceptors (Lipinski definition) is 1. The Morgan fingerprint density at radius 1 is 1.50 bits per heavy atom. The zero-order chi connectivity index (χ0) is 13.3. The molecule has 0 saturated carbocycles. The van der Waals surface area contributed by atoms with Crippen LogP contribution >= 0.6 is 31.9 Å². The molecule has 0 spiro atoms. The molecule has 1 saturated heterocycles. The van der Waals surface area contributed by atoms with E-state index in [1.54, 1.807) is 11.0 Å². The minimum Gasteiger partial charge on any atom is -0.338 e. The Morgan fingerprint density at radius 3 is 2.83 bits per heavy atom. The Bertz CT molecular complexity index is 466. The van der Waals surface area contributed by atoms with E-state index in [-0.39, 0.29) is 11.5 Å². The Balaban J connectivity index is 2.16. The maximum absolute atomic E-state index is 13.7. The highest BCUT2D eigenvalue weighted by Crippen LogP contribution is 2.25. The summed E-state index contributed by atoms with van der Waals surface area (Å²) < 4.78 is 14.4. The van der Waals surface area contributed by atoms with Gasteiger partial charge in [-0.3, -0.25) is 4.79 Å². The molecule has 1 aromatic carbocycles. The number of carbonyl (C=O) groups excluding carboxylic acids is 1. The fraction of sp³-hybridized carbons (Fsp3) is 0.462. The van der Waals surface area contributed by atoms with Gasteiger partial charge in [-0.1, -0.05) is 38.8 Å². The van der Waals surface area contributed by atoms with Crippen molar-refractivity contribution in [1.82, 2.24) is 4.90 Å². The fourth-order valence-corrected chi connectivity index (χ4v) is 2.84. The van der Waals surface area contributed by atoms with E-state index in [4.69, 9.17) is 0 Å². The first kappa shape index (κ1) is 14.0. The number of alkyl halides is 1. The summed E-state index contributed by atoms with van der Waals surface area (Å²) in [6, 6.07) is 4.55. The number of hydrogen-bond donors (Lipinski definition) is 0. The summed E-state index contributed by atoms with van der Waals surface area (Å²) in [7, 11) is 0. The molecule has 0 radical (unpaired) electrons. The van der Waals surface area contributed by atoms with Gasteiger partial charge in [0.05, 0.1) is 5.56 Å². The van der Waals surface area contributed by atoms with Crippen molar-refractivity contribution in [1.29, 1.82) is 0 Å². The Morgan fingerprint density at radius 2 is 2.22 bits per heavy atom. The van der Waals surface area contributed by atoms with Gasteiger partial charge in [-0.15, -0.1) is 0 Å². The van der Waals surface area contributed by atoms with Gasteiger partial charge in [0.15, 0.2) is 0 Å². The van der Waals surface area contributed by atoms with Crippen molar-refractivity contribution in [3.63, 3.8) is 0 Å². The summed E-state index contributed by atoms with van der Waals surface area (Å²) in [6.07, 6.45) is 0.908. The lowest BCUT2D eigenvalue weighted by Gasteiger charge is -2.34. The zero-order valence-electron chi connectivity index (χ0n) is 10.00. The van der Waals surface area contributed by atoms with Crippen LogP contribution in [0.3, 0.4) is 0 Å². The van der Waals surface area contributed by atoms with Gasteiger partial charge in [0.2, 0.25) is 0 Å². The van der Waals surface area contributed by atoms with Crippen LogP contribution < -0.4 is 0 Å². The van der Waals surface area contributed by atoms with Gasteiger partial charge >= 0.3 is 0 Å². The molecule has 2 unspecified atom stereocenters. The molecular weight excluding hydrogens is 365 g/mol. The molecular formula is C13H14Br2FNO. The predicted molar refractivity (Wildman–Crippen MR) is 76.5 cm³/mol. The van der Waals surface area contributed by atoms with Crippen LogP contribution in [0.1, 0.15) is 23.7 Å². The van der Waals surface area contributed by atoms with E-state index in [0.717, 1.165) is 6.42 Å². The molecule has 2 rings (SSSR count). The van der Waals surface area contributed by atoms with Gasteiger partial charge in [-0.2, -0.15) is 0 Å². The van der Waals surface area contributed by atoms with E-state index in [2.05, 4.69) is 38.8 Å². The Labute approximate surface area is 123 Å². The second kappa shape index (κ2) is 5.70. The Kier molecular flexibility index (Phi) is 4.43. The average Bonchev–Trinajstić information content (AvgIpc) is 2.32. The van der Waals surface area contributed by atoms with Crippen molar-refractivity contribution < 1.29 is 9.18 Å². The number of likely N-dealkylation sites (tertiary alicyclic amines) is 1. The van der Waals surface area contributed by atoms with E-state index >= 15 is 0 Å². The average molecular weight is 379 g/mol. The van der Waals surface area contributed by atoms with Crippen molar-refractivity contribution in [2.24, 2.45) is 5.92 Å². The van der Waals surface area contributed by atoms with Gasteiger partial charge in [0.25, 0.3) is 5.91 Å². The maximum Gasteiger partial charge on any atom is 0.256 e. The van der Waals surface area contributed by atoms with E-state index in [1.807, 2.05) is 0 Å². The molecule has 1 aliphatic rings. The van der Waals surface area contributed by atoms with Gasteiger partial charge in [0.1, 0.15) is 5.82 Å². The third-order valence-electron chi connectivity index (χ3n) is 3.25. The topological polar surface area (TPSA) is 20.3 Å². The molecule has 0 aliphatic carbocycles. The smallest absolute Gasteiger partial charge is 0.256 e. The van der Waals surface area contributed by atoms with Crippen molar-refractivity contribution in [3.05, 3.63) is 34.1 Å². The molecule has 5 heteroatoms. The van der Waals surface area contributed by atoms with Crippen LogP contribution in [0.2, 0.25) is 0 Å². The minimum absolute atomic E-state index is 0.151. The largest absolute Gasteiger partial charge is 0.338 e. The summed E-state index contributed by atoms with van der Waals surface area (Å²) >= 11 is 6.78. The number of carbonyl (C=O) groups is 1. The third-order valence-corrected chi connectivity index (χ3v) is 5.10. The molecule has 0 N–H and O–H groups in total. The van der Waals surface area contributed by atoms with Crippen LogP contribution in [0.5, 0.6) is 0 Å². The standard InChI is InChI=1S/C13H14Br2FNO/c1-8-7-17(5-4-11(8)15)13(18)10-3-2-9(14)6-12(10)16/h2-3,6,8,11H,4-5,7H2,1H3. The van der Waals surface area contributed by atoms with Crippen LogP contribution in [-0.4, -0.2) is 28.7 Å². The third kappa shape index (κ3) is 2.94. The van der Waals surface area contributed by atoms with Crippen LogP contribution in [0, 0.1) is 11.7 Å². The first-order chi connectivity index (χ1) is 8.49.